The Balaban J connectivity index is 2.90. The van der Waals surface area contributed by atoms with E-state index in [0.29, 0.717) is 13.1 Å². The largest absolute Gasteiger partial charge is 0.477 e. The third kappa shape index (κ3) is 2.99. The van der Waals surface area contributed by atoms with E-state index < -0.39 is 17.5 Å². The quantitative estimate of drug-likeness (QED) is 0.403. The predicted molar refractivity (Wildman–Crippen MR) is 61.8 cm³/mol. The SMILES string of the molecule is CCN1C[C@H](C)N(C=C(C(=O)O)C(=O)O)CC1=O. The van der Waals surface area contributed by atoms with Crippen LogP contribution < -0.4 is 0 Å². The van der Waals surface area contributed by atoms with E-state index in [1.54, 1.807) is 4.90 Å². The molecule has 0 spiro atoms. The molecule has 0 aromatic carbocycles. The topological polar surface area (TPSA) is 98.2 Å². The first kappa shape index (κ1) is 14.0. The Morgan fingerprint density at radius 3 is 2.39 bits per heavy atom. The summed E-state index contributed by atoms with van der Waals surface area (Å²) in [5.41, 5.74) is -0.736. The third-order valence-corrected chi connectivity index (χ3v) is 2.86. The fraction of sp³-hybridized carbons (Fsp3) is 0.545. The van der Waals surface area contributed by atoms with Crippen LogP contribution in [-0.2, 0) is 14.4 Å². The van der Waals surface area contributed by atoms with Gasteiger partial charge in [-0.05, 0) is 13.8 Å². The van der Waals surface area contributed by atoms with E-state index in [1.165, 1.54) is 4.90 Å². The monoisotopic (exact) mass is 256 g/mol. The van der Waals surface area contributed by atoms with Crippen LogP contribution in [-0.4, -0.2) is 63.5 Å². The zero-order valence-corrected chi connectivity index (χ0v) is 10.3. The molecule has 18 heavy (non-hydrogen) atoms. The first-order valence-electron chi connectivity index (χ1n) is 5.58. The molecule has 7 nitrogen and oxygen atoms in total. The second-order valence-electron chi connectivity index (χ2n) is 4.11. The Morgan fingerprint density at radius 2 is 1.94 bits per heavy atom. The van der Waals surface area contributed by atoms with Crippen molar-refractivity contribution in [1.82, 2.24) is 9.80 Å². The highest BCUT2D eigenvalue weighted by atomic mass is 16.4. The lowest BCUT2D eigenvalue weighted by Crippen LogP contribution is -2.53. The number of nitrogens with zero attached hydrogens (tertiary/aromatic N) is 2. The van der Waals surface area contributed by atoms with Gasteiger partial charge in [0.2, 0.25) is 5.91 Å². The van der Waals surface area contributed by atoms with E-state index >= 15 is 0 Å². The number of carbonyl (C=O) groups is 3. The van der Waals surface area contributed by atoms with Crippen LogP contribution in [0.25, 0.3) is 0 Å². The van der Waals surface area contributed by atoms with Crippen molar-refractivity contribution in [3.63, 3.8) is 0 Å². The molecule has 1 saturated heterocycles. The number of hydrogen-bond donors (Lipinski definition) is 2. The molecule has 1 amide bonds. The highest BCUT2D eigenvalue weighted by molar-refractivity contribution is 6.12. The van der Waals surface area contributed by atoms with Crippen molar-refractivity contribution in [2.24, 2.45) is 0 Å². The van der Waals surface area contributed by atoms with Gasteiger partial charge in [-0.3, -0.25) is 4.79 Å². The number of hydrogen-bond acceptors (Lipinski definition) is 4. The third-order valence-electron chi connectivity index (χ3n) is 2.86. The molecule has 0 bridgehead atoms. The van der Waals surface area contributed by atoms with Crippen molar-refractivity contribution in [3.8, 4) is 0 Å². The van der Waals surface area contributed by atoms with Gasteiger partial charge in [-0.2, -0.15) is 0 Å². The molecular weight excluding hydrogens is 240 g/mol. The standard InChI is InChI=1S/C11H16N2O5/c1-3-12-4-7(2)13(6-9(12)14)5-8(10(15)16)11(17)18/h5,7H,3-4,6H2,1-2H3,(H,15,16)(H,17,18)/t7-/m0/s1. The molecule has 0 unspecified atom stereocenters. The Morgan fingerprint density at radius 1 is 1.39 bits per heavy atom. The fourth-order valence-corrected chi connectivity index (χ4v) is 1.78. The van der Waals surface area contributed by atoms with E-state index in [-0.39, 0.29) is 18.5 Å². The Bertz CT molecular complexity index is 388. The summed E-state index contributed by atoms with van der Waals surface area (Å²) in [4.78, 5) is 36.3. The molecule has 0 aromatic heterocycles. The Hall–Kier alpha value is -2.05. The van der Waals surface area contributed by atoms with E-state index in [2.05, 4.69) is 0 Å². The molecule has 1 fully saturated rings. The van der Waals surface area contributed by atoms with Crippen LogP contribution in [0.3, 0.4) is 0 Å². The summed E-state index contributed by atoms with van der Waals surface area (Å²) in [5, 5.41) is 17.5. The van der Waals surface area contributed by atoms with Crippen LogP contribution in [0.1, 0.15) is 13.8 Å². The van der Waals surface area contributed by atoms with Gasteiger partial charge < -0.3 is 20.0 Å². The van der Waals surface area contributed by atoms with Crippen LogP contribution in [0.5, 0.6) is 0 Å². The van der Waals surface area contributed by atoms with E-state index in [1.807, 2.05) is 13.8 Å². The van der Waals surface area contributed by atoms with Crippen molar-refractivity contribution >= 4 is 17.8 Å². The van der Waals surface area contributed by atoms with E-state index in [9.17, 15) is 14.4 Å². The molecule has 1 atom stereocenters. The zero-order valence-electron chi connectivity index (χ0n) is 10.3. The lowest BCUT2D eigenvalue weighted by Gasteiger charge is -2.38. The summed E-state index contributed by atoms with van der Waals surface area (Å²) in [6, 6.07) is -0.114. The van der Waals surface area contributed by atoms with Gasteiger partial charge in [0.15, 0.2) is 5.57 Å². The molecule has 1 aliphatic heterocycles. The fourth-order valence-electron chi connectivity index (χ4n) is 1.78. The van der Waals surface area contributed by atoms with Gasteiger partial charge in [0.25, 0.3) is 0 Å². The number of carboxylic acid groups (broad SMARTS) is 2. The minimum Gasteiger partial charge on any atom is -0.477 e. The molecule has 0 aromatic rings. The highest BCUT2D eigenvalue weighted by Crippen LogP contribution is 2.12. The molecule has 0 aliphatic carbocycles. The summed E-state index contributed by atoms with van der Waals surface area (Å²) < 4.78 is 0. The summed E-state index contributed by atoms with van der Waals surface area (Å²) in [6.07, 6.45) is 1.03. The Kier molecular flexibility index (Phi) is 4.30. The molecule has 1 rings (SSSR count). The molecule has 0 radical (unpaired) electrons. The predicted octanol–water partition coefficient (Wildman–Crippen LogP) is -0.408. The van der Waals surface area contributed by atoms with E-state index in [0.717, 1.165) is 6.20 Å². The molecule has 2 N–H and O–H groups in total. The van der Waals surface area contributed by atoms with Gasteiger partial charge in [-0.15, -0.1) is 0 Å². The number of aliphatic carboxylic acids is 2. The average Bonchev–Trinajstić information content (AvgIpc) is 2.28. The Labute approximate surface area is 104 Å². The van der Waals surface area contributed by atoms with Gasteiger partial charge in [-0.25, -0.2) is 9.59 Å². The molecule has 0 saturated carbocycles. The number of carbonyl (C=O) groups excluding carboxylic acids is 1. The minimum atomic E-state index is -1.51. The second kappa shape index (κ2) is 5.52. The molecule has 1 aliphatic rings. The average molecular weight is 256 g/mol. The van der Waals surface area contributed by atoms with E-state index in [4.69, 9.17) is 10.2 Å². The maximum Gasteiger partial charge on any atom is 0.344 e. The lowest BCUT2D eigenvalue weighted by atomic mass is 10.1. The van der Waals surface area contributed by atoms with Crippen LogP contribution in [0.2, 0.25) is 0 Å². The lowest BCUT2D eigenvalue weighted by molar-refractivity contribution is -0.141. The number of carboxylic acids is 2. The molecule has 7 heteroatoms. The van der Waals surface area contributed by atoms with Gasteiger partial charge in [-0.1, -0.05) is 0 Å². The zero-order chi connectivity index (χ0) is 13.9. The first-order valence-corrected chi connectivity index (χ1v) is 5.58. The summed E-state index contributed by atoms with van der Waals surface area (Å²) >= 11 is 0. The summed E-state index contributed by atoms with van der Waals surface area (Å²) in [6.45, 7) is 4.71. The van der Waals surface area contributed by atoms with Crippen LogP contribution in [0.15, 0.2) is 11.8 Å². The van der Waals surface area contributed by atoms with Gasteiger partial charge >= 0.3 is 11.9 Å². The normalized spacial score (nSPS) is 19.7. The smallest absolute Gasteiger partial charge is 0.344 e. The molecular formula is C11H16N2O5. The number of piperazine rings is 1. The molecule has 1 heterocycles. The highest BCUT2D eigenvalue weighted by Gasteiger charge is 2.28. The molecule has 100 valence electrons. The maximum absolute atomic E-state index is 11.7. The van der Waals surface area contributed by atoms with Crippen molar-refractivity contribution in [3.05, 3.63) is 11.8 Å². The van der Waals surface area contributed by atoms with Gasteiger partial charge in [0.05, 0.1) is 6.54 Å². The van der Waals surface area contributed by atoms with Crippen molar-refractivity contribution in [1.29, 1.82) is 0 Å². The van der Waals surface area contributed by atoms with Crippen molar-refractivity contribution in [2.45, 2.75) is 19.9 Å². The minimum absolute atomic E-state index is 0.000926. The van der Waals surface area contributed by atoms with Gasteiger partial charge in [0.1, 0.15) is 0 Å². The maximum atomic E-state index is 11.7. The second-order valence-corrected chi connectivity index (χ2v) is 4.11. The van der Waals surface area contributed by atoms with Crippen LogP contribution in [0.4, 0.5) is 0 Å². The van der Waals surface area contributed by atoms with Crippen molar-refractivity contribution in [2.75, 3.05) is 19.6 Å². The number of rotatable bonds is 4. The van der Waals surface area contributed by atoms with Crippen LogP contribution >= 0.6 is 0 Å². The number of likely N-dealkylation sites (N-methyl/N-ethyl adjacent to an activating group) is 1. The summed E-state index contributed by atoms with van der Waals surface area (Å²) in [7, 11) is 0. The van der Waals surface area contributed by atoms with Crippen molar-refractivity contribution < 1.29 is 24.6 Å². The van der Waals surface area contributed by atoms with Crippen LogP contribution in [0, 0.1) is 0 Å². The number of amides is 1. The first-order chi connectivity index (χ1) is 8.36. The summed E-state index contributed by atoms with van der Waals surface area (Å²) in [5.74, 6) is -3.16. The van der Waals surface area contributed by atoms with Gasteiger partial charge in [0, 0.05) is 25.3 Å².